The molecule has 1 aromatic carbocycles. The maximum atomic E-state index is 12.2. The number of hydrogen-bond donors (Lipinski definition) is 2. The van der Waals surface area contributed by atoms with Crippen molar-refractivity contribution in [1.82, 2.24) is 5.32 Å². The normalized spacial score (nSPS) is 19.8. The minimum absolute atomic E-state index is 0.145. The van der Waals surface area contributed by atoms with E-state index in [1.165, 1.54) is 5.56 Å². The quantitative estimate of drug-likeness (QED) is 0.843. The minimum Gasteiger partial charge on any atom is -0.485 e. The van der Waals surface area contributed by atoms with Crippen molar-refractivity contribution in [3.8, 4) is 5.75 Å². The number of rotatable bonds is 6. The zero-order valence-corrected chi connectivity index (χ0v) is 14.7. The third kappa shape index (κ3) is 4.42. The zero-order chi connectivity index (χ0) is 17.8. The van der Waals surface area contributed by atoms with Crippen LogP contribution in [0.25, 0.3) is 0 Å². The molecule has 1 aliphatic carbocycles. The highest BCUT2D eigenvalue weighted by molar-refractivity contribution is 5.91. The van der Waals surface area contributed by atoms with Crippen molar-refractivity contribution in [3.05, 3.63) is 53.0 Å². The van der Waals surface area contributed by atoms with Gasteiger partial charge in [-0.2, -0.15) is 0 Å². The summed E-state index contributed by atoms with van der Waals surface area (Å²) in [6.07, 6.45) is 2.48. The van der Waals surface area contributed by atoms with Gasteiger partial charge < -0.3 is 19.6 Å². The third-order valence-electron chi connectivity index (χ3n) is 4.73. The summed E-state index contributed by atoms with van der Waals surface area (Å²) in [5, 5.41) is 12.6. The van der Waals surface area contributed by atoms with E-state index < -0.39 is 0 Å². The lowest BCUT2D eigenvalue weighted by atomic mass is 10.1. The summed E-state index contributed by atoms with van der Waals surface area (Å²) >= 11 is 0. The number of benzene rings is 1. The van der Waals surface area contributed by atoms with Gasteiger partial charge in [-0.1, -0.05) is 24.1 Å². The van der Waals surface area contributed by atoms with Crippen LogP contribution in [0.3, 0.4) is 0 Å². The Labute approximate surface area is 148 Å². The number of aryl methyl sites for hydroxylation is 2. The standard InChI is InChI=1S/C20H25NO4/c1-13-6-8-18(14(2)10-13)24-12-16-7-9-19(25-16)20(23)21-11-15-4-3-5-17(15)22/h6-10,15,17,22H,3-5,11-12H2,1-2H3,(H,21,23). The molecule has 1 aliphatic rings. The van der Waals surface area contributed by atoms with Gasteiger partial charge in [-0.25, -0.2) is 0 Å². The monoisotopic (exact) mass is 343 g/mol. The van der Waals surface area contributed by atoms with Crippen LogP contribution in [0.4, 0.5) is 0 Å². The van der Waals surface area contributed by atoms with Crippen LogP contribution in [0.5, 0.6) is 5.75 Å². The van der Waals surface area contributed by atoms with Crippen molar-refractivity contribution in [1.29, 1.82) is 0 Å². The number of hydrogen-bond acceptors (Lipinski definition) is 4. The molecule has 2 atom stereocenters. The molecule has 1 heterocycles. The van der Waals surface area contributed by atoms with Gasteiger partial charge in [0.15, 0.2) is 5.76 Å². The van der Waals surface area contributed by atoms with Crippen LogP contribution in [0.1, 0.15) is 46.7 Å². The lowest BCUT2D eigenvalue weighted by Crippen LogP contribution is -2.32. The lowest BCUT2D eigenvalue weighted by molar-refractivity contribution is 0.0886. The number of aliphatic hydroxyl groups is 1. The predicted octanol–water partition coefficient (Wildman–Crippen LogP) is 3.37. The van der Waals surface area contributed by atoms with Crippen molar-refractivity contribution < 1.29 is 19.1 Å². The lowest BCUT2D eigenvalue weighted by Gasteiger charge is -2.14. The van der Waals surface area contributed by atoms with E-state index >= 15 is 0 Å². The molecule has 0 radical (unpaired) electrons. The summed E-state index contributed by atoms with van der Waals surface area (Å²) in [6.45, 7) is 4.80. The second kappa shape index (κ2) is 7.74. The van der Waals surface area contributed by atoms with Crippen LogP contribution in [0.2, 0.25) is 0 Å². The van der Waals surface area contributed by atoms with Gasteiger partial charge in [0.05, 0.1) is 6.10 Å². The highest BCUT2D eigenvalue weighted by Gasteiger charge is 2.25. The van der Waals surface area contributed by atoms with Crippen LogP contribution >= 0.6 is 0 Å². The van der Waals surface area contributed by atoms with E-state index in [2.05, 4.69) is 11.4 Å². The summed E-state index contributed by atoms with van der Waals surface area (Å²) in [5.74, 6) is 1.57. The molecule has 5 nitrogen and oxygen atoms in total. The first-order valence-corrected chi connectivity index (χ1v) is 8.78. The Hall–Kier alpha value is -2.27. The predicted molar refractivity (Wildman–Crippen MR) is 94.6 cm³/mol. The highest BCUT2D eigenvalue weighted by Crippen LogP contribution is 2.25. The van der Waals surface area contributed by atoms with Crippen molar-refractivity contribution in [2.45, 2.75) is 45.8 Å². The Morgan fingerprint density at radius 2 is 2.12 bits per heavy atom. The number of aliphatic hydroxyl groups excluding tert-OH is 1. The molecule has 3 rings (SSSR count). The topological polar surface area (TPSA) is 71.7 Å². The molecule has 0 aliphatic heterocycles. The molecule has 1 aromatic heterocycles. The summed E-state index contributed by atoms with van der Waals surface area (Å²) in [6, 6.07) is 9.41. The van der Waals surface area contributed by atoms with Crippen molar-refractivity contribution >= 4 is 5.91 Å². The van der Waals surface area contributed by atoms with E-state index in [1.807, 2.05) is 26.0 Å². The molecule has 1 fully saturated rings. The second-order valence-corrected chi connectivity index (χ2v) is 6.79. The third-order valence-corrected chi connectivity index (χ3v) is 4.73. The van der Waals surface area contributed by atoms with Crippen LogP contribution < -0.4 is 10.1 Å². The summed E-state index contributed by atoms with van der Waals surface area (Å²) in [4.78, 5) is 12.2. The van der Waals surface area contributed by atoms with Gasteiger partial charge in [-0.05, 0) is 50.5 Å². The van der Waals surface area contributed by atoms with Gasteiger partial charge in [0.1, 0.15) is 18.1 Å². The maximum Gasteiger partial charge on any atom is 0.287 e. The summed E-state index contributed by atoms with van der Waals surface area (Å²) < 4.78 is 11.3. The number of amides is 1. The van der Waals surface area contributed by atoms with E-state index in [-0.39, 0.29) is 30.3 Å². The zero-order valence-electron chi connectivity index (χ0n) is 14.7. The Bertz CT molecular complexity index is 737. The van der Waals surface area contributed by atoms with Gasteiger partial charge in [-0.15, -0.1) is 0 Å². The molecule has 5 heteroatoms. The largest absolute Gasteiger partial charge is 0.485 e. The average molecular weight is 343 g/mol. The maximum absolute atomic E-state index is 12.2. The SMILES string of the molecule is Cc1ccc(OCc2ccc(C(=O)NCC3CCCC3O)o2)c(C)c1. The van der Waals surface area contributed by atoms with Crippen LogP contribution in [0.15, 0.2) is 34.7 Å². The van der Waals surface area contributed by atoms with Crippen LogP contribution in [0, 0.1) is 19.8 Å². The molecule has 2 N–H and O–H groups in total. The fourth-order valence-corrected chi connectivity index (χ4v) is 3.25. The second-order valence-electron chi connectivity index (χ2n) is 6.79. The van der Waals surface area contributed by atoms with Crippen LogP contribution in [-0.4, -0.2) is 23.7 Å². The Balaban J connectivity index is 1.52. The smallest absolute Gasteiger partial charge is 0.287 e. The van der Waals surface area contributed by atoms with E-state index in [4.69, 9.17) is 9.15 Å². The molecule has 2 unspecified atom stereocenters. The molecule has 1 amide bonds. The van der Waals surface area contributed by atoms with E-state index in [9.17, 15) is 9.90 Å². The van der Waals surface area contributed by atoms with Gasteiger partial charge >= 0.3 is 0 Å². The first-order valence-electron chi connectivity index (χ1n) is 8.78. The molecular formula is C20H25NO4. The first-order chi connectivity index (χ1) is 12.0. The highest BCUT2D eigenvalue weighted by atomic mass is 16.5. The molecule has 134 valence electrons. The number of carbonyl (C=O) groups excluding carboxylic acids is 1. The van der Waals surface area contributed by atoms with Gasteiger partial charge in [0.25, 0.3) is 5.91 Å². The Morgan fingerprint density at radius 1 is 1.28 bits per heavy atom. The minimum atomic E-state index is -0.307. The van der Waals surface area contributed by atoms with Gasteiger partial charge in [0, 0.05) is 12.5 Å². The van der Waals surface area contributed by atoms with Crippen molar-refractivity contribution in [3.63, 3.8) is 0 Å². The van der Waals surface area contributed by atoms with E-state index in [1.54, 1.807) is 12.1 Å². The number of carbonyl (C=O) groups is 1. The molecule has 2 aromatic rings. The molecule has 0 spiro atoms. The summed E-state index contributed by atoms with van der Waals surface area (Å²) in [7, 11) is 0. The molecular weight excluding hydrogens is 318 g/mol. The fourth-order valence-electron chi connectivity index (χ4n) is 3.25. The van der Waals surface area contributed by atoms with Crippen LogP contribution in [-0.2, 0) is 6.61 Å². The number of nitrogens with one attached hydrogen (secondary N) is 1. The number of ether oxygens (including phenoxy) is 1. The Kier molecular flexibility index (Phi) is 5.43. The molecule has 25 heavy (non-hydrogen) atoms. The molecule has 0 saturated heterocycles. The van der Waals surface area contributed by atoms with Crippen molar-refractivity contribution in [2.75, 3.05) is 6.54 Å². The first kappa shape index (κ1) is 17.5. The van der Waals surface area contributed by atoms with Gasteiger partial charge in [0.2, 0.25) is 0 Å². The van der Waals surface area contributed by atoms with E-state index in [0.717, 1.165) is 30.6 Å². The summed E-state index contributed by atoms with van der Waals surface area (Å²) in [5.41, 5.74) is 2.26. The average Bonchev–Trinajstić information content (AvgIpc) is 3.21. The van der Waals surface area contributed by atoms with Crippen molar-refractivity contribution in [2.24, 2.45) is 5.92 Å². The Morgan fingerprint density at radius 3 is 2.84 bits per heavy atom. The van der Waals surface area contributed by atoms with E-state index in [0.29, 0.717) is 12.3 Å². The fraction of sp³-hybridized carbons (Fsp3) is 0.450. The number of furan rings is 1. The van der Waals surface area contributed by atoms with Gasteiger partial charge in [-0.3, -0.25) is 4.79 Å². The molecule has 0 bridgehead atoms. The molecule has 1 saturated carbocycles.